The topological polar surface area (TPSA) is 84.1 Å². The van der Waals surface area contributed by atoms with Crippen molar-refractivity contribution in [2.24, 2.45) is 5.92 Å². The molecule has 0 spiro atoms. The van der Waals surface area contributed by atoms with Gasteiger partial charge in [-0.15, -0.1) is 24.8 Å². The fraction of sp³-hybridized carbons (Fsp3) is 0.500. The van der Waals surface area contributed by atoms with Crippen LogP contribution in [-0.2, 0) is 6.42 Å². The molecule has 2 aromatic carbocycles. The third-order valence-electron chi connectivity index (χ3n) is 6.98. The van der Waals surface area contributed by atoms with Crippen molar-refractivity contribution < 1.29 is 19.0 Å². The molecule has 2 fully saturated rings. The molecule has 2 aliphatic heterocycles. The van der Waals surface area contributed by atoms with Gasteiger partial charge in [-0.25, -0.2) is 4.79 Å². The standard InChI is InChI=1S/C26H35ClN4O4.2ClH/c1-33-23-13-20(14-24(34-2)25(23)35-3)29-26(32)30-21-15-28-16-22(21)31-10-8-18(9-11-31)12-17-4-6-19(27)7-5-17;;/h4-7,13-14,18,21-22,28H,8-12,15-16H2,1-3H3,(H2,29,30,32);2*1H. The first kappa shape index (κ1) is 31.1. The van der Waals surface area contributed by atoms with E-state index in [1.54, 1.807) is 33.5 Å². The number of methoxy groups -OCH3 is 3. The summed E-state index contributed by atoms with van der Waals surface area (Å²) >= 11 is 6.02. The summed E-state index contributed by atoms with van der Waals surface area (Å²) in [6, 6.07) is 11.7. The van der Waals surface area contributed by atoms with Gasteiger partial charge in [-0.2, -0.15) is 0 Å². The summed E-state index contributed by atoms with van der Waals surface area (Å²) in [5, 5.41) is 10.3. The average Bonchev–Trinajstić information content (AvgIpc) is 3.33. The number of nitrogens with zero attached hydrogens (tertiary/aromatic N) is 1. The summed E-state index contributed by atoms with van der Waals surface area (Å²) in [6.07, 6.45) is 3.40. The number of carbonyl (C=O) groups is 1. The van der Waals surface area contributed by atoms with E-state index < -0.39 is 0 Å². The average molecular weight is 576 g/mol. The van der Waals surface area contributed by atoms with Crippen molar-refractivity contribution in [2.75, 3.05) is 52.8 Å². The maximum atomic E-state index is 12.8. The molecule has 8 nitrogen and oxygen atoms in total. The fourth-order valence-corrected chi connectivity index (χ4v) is 5.25. The van der Waals surface area contributed by atoms with Gasteiger partial charge >= 0.3 is 6.03 Å². The lowest BCUT2D eigenvalue weighted by atomic mass is 9.89. The van der Waals surface area contributed by atoms with Crippen molar-refractivity contribution in [3.63, 3.8) is 0 Å². The first-order valence-electron chi connectivity index (χ1n) is 12.1. The van der Waals surface area contributed by atoms with Gasteiger partial charge in [0.2, 0.25) is 5.75 Å². The minimum absolute atomic E-state index is 0. The van der Waals surface area contributed by atoms with Crippen LogP contribution in [0.1, 0.15) is 18.4 Å². The van der Waals surface area contributed by atoms with Crippen LogP contribution >= 0.6 is 36.4 Å². The lowest BCUT2D eigenvalue weighted by Crippen LogP contribution is -2.54. The van der Waals surface area contributed by atoms with E-state index in [1.807, 2.05) is 12.1 Å². The maximum Gasteiger partial charge on any atom is 0.319 e. The molecule has 2 atom stereocenters. The van der Waals surface area contributed by atoms with Gasteiger partial charge in [0.15, 0.2) is 11.5 Å². The second-order valence-electron chi connectivity index (χ2n) is 9.15. The molecule has 0 radical (unpaired) electrons. The number of ether oxygens (including phenoxy) is 3. The molecular formula is C26H37Cl3N4O4. The van der Waals surface area contributed by atoms with Gasteiger partial charge in [0.1, 0.15) is 0 Å². The number of nitrogens with one attached hydrogen (secondary N) is 3. The number of anilines is 1. The molecule has 0 bridgehead atoms. The van der Waals surface area contributed by atoms with Crippen LogP contribution in [0.4, 0.5) is 10.5 Å². The highest BCUT2D eigenvalue weighted by molar-refractivity contribution is 6.30. The maximum absolute atomic E-state index is 12.8. The van der Waals surface area contributed by atoms with Crippen LogP contribution < -0.4 is 30.2 Å². The molecule has 2 aromatic rings. The SMILES string of the molecule is COc1cc(NC(=O)NC2CNCC2N2CCC(Cc3ccc(Cl)cc3)CC2)cc(OC)c1OC.Cl.Cl. The Morgan fingerprint density at radius 3 is 2.19 bits per heavy atom. The van der Waals surface area contributed by atoms with Gasteiger partial charge in [-0.3, -0.25) is 4.90 Å². The number of carbonyl (C=O) groups excluding carboxylic acids is 1. The van der Waals surface area contributed by atoms with Crippen LogP contribution in [0.2, 0.25) is 5.02 Å². The molecule has 2 unspecified atom stereocenters. The molecule has 37 heavy (non-hydrogen) atoms. The predicted octanol–water partition coefficient (Wildman–Crippen LogP) is 4.63. The molecule has 11 heteroatoms. The Kier molecular flexibility index (Phi) is 12.4. The van der Waals surface area contributed by atoms with Crippen molar-refractivity contribution in [1.82, 2.24) is 15.5 Å². The first-order chi connectivity index (χ1) is 17.0. The molecule has 206 valence electrons. The smallest absolute Gasteiger partial charge is 0.319 e. The van der Waals surface area contributed by atoms with Gasteiger partial charge in [0, 0.05) is 36.3 Å². The van der Waals surface area contributed by atoms with E-state index in [9.17, 15) is 4.79 Å². The Morgan fingerprint density at radius 2 is 1.62 bits per heavy atom. The second-order valence-corrected chi connectivity index (χ2v) is 9.59. The summed E-state index contributed by atoms with van der Waals surface area (Å²) in [5.41, 5.74) is 1.92. The van der Waals surface area contributed by atoms with Crippen molar-refractivity contribution in [3.8, 4) is 17.2 Å². The lowest BCUT2D eigenvalue weighted by molar-refractivity contribution is 0.127. The van der Waals surface area contributed by atoms with Crippen LogP contribution in [0.3, 0.4) is 0 Å². The summed E-state index contributed by atoms with van der Waals surface area (Å²) in [5.74, 6) is 2.14. The zero-order valence-corrected chi connectivity index (χ0v) is 23.8. The lowest BCUT2D eigenvalue weighted by Gasteiger charge is -2.38. The molecule has 2 saturated heterocycles. The van der Waals surface area contributed by atoms with Gasteiger partial charge < -0.3 is 30.2 Å². The van der Waals surface area contributed by atoms with E-state index in [2.05, 4.69) is 33.0 Å². The largest absolute Gasteiger partial charge is 0.493 e. The number of likely N-dealkylation sites (tertiary alicyclic amines) is 1. The first-order valence-corrected chi connectivity index (χ1v) is 12.4. The van der Waals surface area contributed by atoms with Crippen LogP contribution in [0.25, 0.3) is 0 Å². The van der Waals surface area contributed by atoms with E-state index in [0.29, 0.717) is 28.9 Å². The van der Waals surface area contributed by atoms with Crippen molar-refractivity contribution in [3.05, 3.63) is 47.0 Å². The van der Waals surface area contributed by atoms with Gasteiger partial charge in [0.05, 0.1) is 33.1 Å². The molecule has 2 aliphatic rings. The third kappa shape index (κ3) is 7.94. The van der Waals surface area contributed by atoms with E-state index in [-0.39, 0.29) is 42.9 Å². The summed E-state index contributed by atoms with van der Waals surface area (Å²) in [7, 11) is 4.65. The molecule has 2 amide bonds. The van der Waals surface area contributed by atoms with E-state index in [4.69, 9.17) is 25.8 Å². The van der Waals surface area contributed by atoms with E-state index in [0.717, 1.165) is 50.5 Å². The predicted molar refractivity (Wildman–Crippen MR) is 153 cm³/mol. The summed E-state index contributed by atoms with van der Waals surface area (Å²) in [6.45, 7) is 3.70. The second kappa shape index (κ2) is 14.7. The minimum Gasteiger partial charge on any atom is -0.493 e. The highest BCUT2D eigenvalue weighted by Crippen LogP contribution is 2.40. The molecule has 4 rings (SSSR count). The number of hydrogen-bond acceptors (Lipinski definition) is 6. The van der Waals surface area contributed by atoms with Crippen molar-refractivity contribution in [2.45, 2.75) is 31.3 Å². The summed E-state index contributed by atoms with van der Waals surface area (Å²) < 4.78 is 16.1. The van der Waals surface area contributed by atoms with Crippen molar-refractivity contribution >= 4 is 48.1 Å². The zero-order valence-electron chi connectivity index (χ0n) is 21.4. The molecular weight excluding hydrogens is 539 g/mol. The molecule has 0 aromatic heterocycles. The van der Waals surface area contributed by atoms with Crippen LogP contribution in [0.15, 0.2) is 36.4 Å². The van der Waals surface area contributed by atoms with Crippen LogP contribution in [0, 0.1) is 5.92 Å². The van der Waals surface area contributed by atoms with Gasteiger partial charge in [0.25, 0.3) is 0 Å². The quantitative estimate of drug-likeness (QED) is 0.426. The monoisotopic (exact) mass is 574 g/mol. The van der Waals surface area contributed by atoms with Crippen molar-refractivity contribution in [1.29, 1.82) is 0 Å². The number of rotatable bonds is 8. The Labute approximate surface area is 236 Å². The Hall–Kier alpha value is -2.10. The molecule has 0 saturated carbocycles. The number of benzene rings is 2. The highest BCUT2D eigenvalue weighted by atomic mass is 35.5. The molecule has 2 heterocycles. The Morgan fingerprint density at radius 1 is 1.00 bits per heavy atom. The zero-order chi connectivity index (χ0) is 24.8. The van der Waals surface area contributed by atoms with Gasteiger partial charge in [-0.1, -0.05) is 23.7 Å². The van der Waals surface area contributed by atoms with Crippen LogP contribution in [-0.4, -0.2) is 70.5 Å². The molecule has 3 N–H and O–H groups in total. The molecule has 0 aliphatic carbocycles. The number of amides is 2. The normalized spacial score (nSPS) is 19.8. The number of halogens is 3. The fourth-order valence-electron chi connectivity index (χ4n) is 5.13. The summed E-state index contributed by atoms with van der Waals surface area (Å²) in [4.78, 5) is 15.4. The Bertz CT molecular complexity index is 979. The van der Waals surface area contributed by atoms with Gasteiger partial charge in [-0.05, 0) is 56.0 Å². The minimum atomic E-state index is -0.254. The van der Waals surface area contributed by atoms with Crippen LogP contribution in [0.5, 0.6) is 17.2 Å². The number of piperidine rings is 1. The Balaban J connectivity index is 0.00000241. The highest BCUT2D eigenvalue weighted by Gasteiger charge is 2.35. The van der Waals surface area contributed by atoms with E-state index >= 15 is 0 Å². The third-order valence-corrected chi connectivity index (χ3v) is 7.23. The van der Waals surface area contributed by atoms with E-state index in [1.165, 1.54) is 5.56 Å². The number of urea groups is 1. The number of hydrogen-bond donors (Lipinski definition) is 3.